The topological polar surface area (TPSA) is 37.9 Å². The molecule has 6 heteroatoms. The Balaban J connectivity index is 1.80. The van der Waals surface area contributed by atoms with Crippen LogP contribution in [0.25, 0.3) is 11.0 Å². The Morgan fingerprint density at radius 3 is 3.05 bits per heavy atom. The average Bonchev–Trinajstić information content (AvgIpc) is 3.01. The van der Waals surface area contributed by atoms with E-state index in [2.05, 4.69) is 37.3 Å². The molecular weight excluding hydrogens is 344 g/mol. The predicted molar refractivity (Wildman–Crippen MR) is 84.2 cm³/mol. The number of benzene rings is 1. The summed E-state index contributed by atoms with van der Waals surface area (Å²) in [6.45, 7) is 0. The van der Waals surface area contributed by atoms with Crippen molar-refractivity contribution in [1.29, 1.82) is 0 Å². The molecule has 0 atom stereocenters. The van der Waals surface area contributed by atoms with Gasteiger partial charge >= 0.3 is 0 Å². The van der Waals surface area contributed by atoms with Crippen molar-refractivity contribution in [2.75, 3.05) is 7.11 Å². The summed E-state index contributed by atoms with van der Waals surface area (Å²) in [4.78, 5) is 9.19. The van der Waals surface area contributed by atoms with Crippen LogP contribution in [0.15, 0.2) is 39.3 Å². The number of rotatable bonds is 4. The van der Waals surface area contributed by atoms with Crippen molar-refractivity contribution < 1.29 is 4.74 Å². The van der Waals surface area contributed by atoms with Crippen molar-refractivity contribution in [2.24, 2.45) is 0 Å². The first-order valence-corrected chi connectivity index (χ1v) is 8.30. The van der Waals surface area contributed by atoms with Gasteiger partial charge in [0, 0.05) is 21.2 Å². The zero-order valence-electron chi connectivity index (χ0n) is 10.1. The van der Waals surface area contributed by atoms with Crippen molar-refractivity contribution in [3.05, 3.63) is 39.0 Å². The highest BCUT2D eigenvalue weighted by molar-refractivity contribution is 9.10. The van der Waals surface area contributed by atoms with Gasteiger partial charge in [0.2, 0.25) is 0 Å². The molecule has 98 valence electrons. The van der Waals surface area contributed by atoms with Crippen molar-refractivity contribution in [3.8, 4) is 5.75 Å². The van der Waals surface area contributed by atoms with Gasteiger partial charge in [-0.25, -0.2) is 4.98 Å². The first-order valence-electron chi connectivity index (χ1n) is 5.64. The van der Waals surface area contributed by atoms with Crippen LogP contribution in [0.3, 0.4) is 0 Å². The van der Waals surface area contributed by atoms with Gasteiger partial charge in [-0.05, 0) is 39.5 Å². The van der Waals surface area contributed by atoms with Crippen LogP contribution in [0.2, 0.25) is 0 Å². The maximum atomic E-state index is 5.21. The van der Waals surface area contributed by atoms with Crippen LogP contribution in [0.1, 0.15) is 4.88 Å². The van der Waals surface area contributed by atoms with Gasteiger partial charge in [0.1, 0.15) is 5.75 Å². The molecule has 0 amide bonds. The molecule has 0 aliphatic heterocycles. The summed E-state index contributed by atoms with van der Waals surface area (Å²) in [7, 11) is 1.67. The van der Waals surface area contributed by atoms with Gasteiger partial charge in [0.05, 0.1) is 18.1 Å². The second-order valence-electron chi connectivity index (χ2n) is 3.91. The first-order chi connectivity index (χ1) is 9.26. The highest BCUT2D eigenvalue weighted by Crippen LogP contribution is 2.30. The fraction of sp³-hybridized carbons (Fsp3) is 0.154. The number of methoxy groups -OCH3 is 1. The number of ether oxygens (including phenoxy) is 1. The number of fused-ring (bicyclic) bond motifs is 1. The number of aromatic nitrogens is 2. The Hall–Kier alpha value is -0.980. The molecule has 0 fully saturated rings. The largest absolute Gasteiger partial charge is 0.497 e. The fourth-order valence-electron chi connectivity index (χ4n) is 1.72. The van der Waals surface area contributed by atoms with Crippen LogP contribution >= 0.6 is 39.0 Å². The van der Waals surface area contributed by atoms with E-state index < -0.39 is 0 Å². The third-order valence-electron chi connectivity index (χ3n) is 2.70. The molecule has 1 aromatic carbocycles. The standard InChI is InChI=1S/C13H11BrN2OS2/c1-17-8-2-3-10-11(6-8)16-13(15-10)19-7-12-9(14)4-5-18-12/h2-6H,7H2,1H3,(H,15,16). The van der Waals surface area contributed by atoms with Crippen LogP contribution in [0.5, 0.6) is 5.75 Å². The summed E-state index contributed by atoms with van der Waals surface area (Å²) in [5, 5.41) is 3.02. The number of hydrogen-bond acceptors (Lipinski definition) is 4. The maximum absolute atomic E-state index is 5.21. The molecule has 3 nitrogen and oxygen atoms in total. The number of nitrogens with zero attached hydrogens (tertiary/aromatic N) is 1. The van der Waals surface area contributed by atoms with Gasteiger partial charge in [0.15, 0.2) is 5.16 Å². The van der Waals surface area contributed by atoms with Gasteiger partial charge in [-0.15, -0.1) is 11.3 Å². The molecule has 3 rings (SSSR count). The van der Waals surface area contributed by atoms with E-state index in [-0.39, 0.29) is 0 Å². The highest BCUT2D eigenvalue weighted by atomic mass is 79.9. The van der Waals surface area contributed by atoms with Crippen LogP contribution in [-0.2, 0) is 5.75 Å². The Morgan fingerprint density at radius 1 is 1.42 bits per heavy atom. The predicted octanol–water partition coefficient (Wildman–Crippen LogP) is 4.69. The minimum absolute atomic E-state index is 0.841. The van der Waals surface area contributed by atoms with E-state index in [9.17, 15) is 0 Å². The Kier molecular flexibility index (Phi) is 3.81. The fourth-order valence-corrected chi connectivity index (χ4v) is 4.40. The number of aromatic amines is 1. The molecule has 0 aliphatic carbocycles. The van der Waals surface area contributed by atoms with Crippen LogP contribution in [0.4, 0.5) is 0 Å². The van der Waals surface area contributed by atoms with Gasteiger partial charge in [-0.2, -0.15) is 0 Å². The molecule has 2 heterocycles. The summed E-state index contributed by atoms with van der Waals surface area (Å²) < 4.78 is 6.38. The lowest BCUT2D eigenvalue weighted by Gasteiger charge is -1.96. The van der Waals surface area contributed by atoms with Gasteiger partial charge in [0.25, 0.3) is 0 Å². The normalized spacial score (nSPS) is 11.1. The monoisotopic (exact) mass is 354 g/mol. The first kappa shape index (κ1) is 13.0. The quantitative estimate of drug-likeness (QED) is 0.690. The summed E-state index contributed by atoms with van der Waals surface area (Å²) in [5.74, 6) is 1.75. The van der Waals surface area contributed by atoms with E-state index in [4.69, 9.17) is 4.74 Å². The van der Waals surface area contributed by atoms with E-state index in [0.29, 0.717) is 0 Å². The third-order valence-corrected chi connectivity index (χ3v) is 5.71. The molecule has 0 aliphatic rings. The van der Waals surface area contributed by atoms with E-state index in [1.54, 1.807) is 30.2 Å². The van der Waals surface area contributed by atoms with E-state index in [1.807, 2.05) is 18.2 Å². The molecule has 1 N–H and O–H groups in total. The Bertz CT molecular complexity index is 708. The lowest BCUT2D eigenvalue weighted by Crippen LogP contribution is -1.81. The van der Waals surface area contributed by atoms with E-state index in [1.165, 1.54) is 9.35 Å². The van der Waals surface area contributed by atoms with Gasteiger partial charge in [-0.1, -0.05) is 11.8 Å². The molecule has 0 unspecified atom stereocenters. The second kappa shape index (κ2) is 5.56. The summed E-state index contributed by atoms with van der Waals surface area (Å²) in [6.07, 6.45) is 0. The lowest BCUT2D eigenvalue weighted by molar-refractivity contribution is 0.415. The molecule has 0 bridgehead atoms. The molecule has 2 aromatic heterocycles. The van der Waals surface area contributed by atoms with E-state index in [0.717, 1.165) is 27.7 Å². The molecule has 0 saturated carbocycles. The minimum Gasteiger partial charge on any atom is -0.497 e. The average molecular weight is 355 g/mol. The number of thiophene rings is 1. The minimum atomic E-state index is 0.841. The Labute approximate surface area is 127 Å². The molecular formula is C13H11BrN2OS2. The van der Waals surface area contributed by atoms with Crippen LogP contribution < -0.4 is 4.74 Å². The number of thioether (sulfide) groups is 1. The number of halogens is 1. The lowest BCUT2D eigenvalue weighted by atomic mass is 10.3. The second-order valence-corrected chi connectivity index (χ2v) is 6.72. The SMILES string of the molecule is COc1ccc2nc(SCc3sccc3Br)[nH]c2c1. The molecule has 19 heavy (non-hydrogen) atoms. The van der Waals surface area contributed by atoms with Crippen molar-refractivity contribution in [1.82, 2.24) is 9.97 Å². The molecule has 3 aromatic rings. The van der Waals surface area contributed by atoms with Gasteiger partial charge < -0.3 is 9.72 Å². The highest BCUT2D eigenvalue weighted by Gasteiger charge is 2.07. The molecule has 0 radical (unpaired) electrons. The third kappa shape index (κ3) is 2.80. The summed E-state index contributed by atoms with van der Waals surface area (Å²) in [5.41, 5.74) is 1.97. The Morgan fingerprint density at radius 2 is 2.32 bits per heavy atom. The molecule has 0 saturated heterocycles. The molecule has 0 spiro atoms. The van der Waals surface area contributed by atoms with Crippen molar-refractivity contribution in [2.45, 2.75) is 10.9 Å². The van der Waals surface area contributed by atoms with E-state index >= 15 is 0 Å². The van der Waals surface area contributed by atoms with Crippen molar-refractivity contribution in [3.63, 3.8) is 0 Å². The smallest absolute Gasteiger partial charge is 0.166 e. The number of hydrogen-bond donors (Lipinski definition) is 1. The number of imidazole rings is 1. The van der Waals surface area contributed by atoms with Crippen LogP contribution in [0, 0.1) is 0 Å². The zero-order chi connectivity index (χ0) is 13.2. The van der Waals surface area contributed by atoms with Gasteiger partial charge in [-0.3, -0.25) is 0 Å². The maximum Gasteiger partial charge on any atom is 0.166 e. The number of nitrogens with one attached hydrogen (secondary N) is 1. The summed E-state index contributed by atoms with van der Waals surface area (Å²) in [6, 6.07) is 7.93. The number of H-pyrrole nitrogens is 1. The van der Waals surface area contributed by atoms with Crippen molar-refractivity contribution >= 4 is 50.1 Å². The summed E-state index contributed by atoms with van der Waals surface area (Å²) >= 11 is 7.00. The van der Waals surface area contributed by atoms with Crippen LogP contribution in [-0.4, -0.2) is 17.1 Å². The zero-order valence-corrected chi connectivity index (χ0v) is 13.4.